The second kappa shape index (κ2) is 8.28. The molecule has 0 saturated heterocycles. The fourth-order valence-corrected chi connectivity index (χ4v) is 2.70. The summed E-state index contributed by atoms with van der Waals surface area (Å²) in [6, 6.07) is 5.84. The van der Waals surface area contributed by atoms with Crippen molar-refractivity contribution < 1.29 is 14.3 Å². The van der Waals surface area contributed by atoms with Gasteiger partial charge in [-0.25, -0.2) is 14.3 Å². The number of rotatable bonds is 7. The molecule has 3 aromatic rings. The summed E-state index contributed by atoms with van der Waals surface area (Å²) in [4.78, 5) is 20.3. The number of nitrogens with zero attached hydrogens (tertiary/aromatic N) is 4. The van der Waals surface area contributed by atoms with E-state index in [0.717, 1.165) is 23.2 Å². The van der Waals surface area contributed by atoms with Crippen LogP contribution < -0.4 is 10.1 Å². The van der Waals surface area contributed by atoms with Gasteiger partial charge in [0.15, 0.2) is 11.6 Å². The molecular weight excluding hydrogens is 334 g/mol. The monoisotopic (exact) mass is 355 g/mol. The van der Waals surface area contributed by atoms with Gasteiger partial charge < -0.3 is 14.8 Å². The highest BCUT2D eigenvalue weighted by molar-refractivity contribution is 5.77. The van der Waals surface area contributed by atoms with Crippen molar-refractivity contribution in [1.82, 2.24) is 19.6 Å². The molecule has 0 bridgehead atoms. The van der Waals surface area contributed by atoms with Crippen LogP contribution in [0, 0.1) is 0 Å². The number of aromatic nitrogens is 4. The number of nitrogens with one attached hydrogen (secondary N) is 1. The molecule has 0 unspecified atom stereocenters. The molecule has 0 saturated carbocycles. The number of hydrogen-bond acceptors (Lipinski definition) is 7. The van der Waals surface area contributed by atoms with Gasteiger partial charge in [-0.3, -0.25) is 4.98 Å². The lowest BCUT2D eigenvalue weighted by Gasteiger charge is -2.08. The van der Waals surface area contributed by atoms with E-state index < -0.39 is 6.16 Å². The maximum Gasteiger partial charge on any atom is 0.513 e. The maximum absolute atomic E-state index is 11.7. The summed E-state index contributed by atoms with van der Waals surface area (Å²) in [7, 11) is 0. The van der Waals surface area contributed by atoms with Crippen LogP contribution in [0.2, 0.25) is 0 Å². The summed E-state index contributed by atoms with van der Waals surface area (Å²) < 4.78 is 11.8. The third-order valence-electron chi connectivity index (χ3n) is 3.85. The van der Waals surface area contributed by atoms with E-state index in [0.29, 0.717) is 24.5 Å². The highest BCUT2D eigenvalue weighted by Gasteiger charge is 2.18. The highest BCUT2D eigenvalue weighted by atomic mass is 16.7. The Bertz CT molecular complexity index is 879. The molecule has 3 aromatic heterocycles. The van der Waals surface area contributed by atoms with Crippen LogP contribution in [0.25, 0.3) is 5.52 Å². The van der Waals surface area contributed by atoms with Crippen molar-refractivity contribution in [3.63, 3.8) is 0 Å². The van der Waals surface area contributed by atoms with Gasteiger partial charge in [-0.15, -0.1) is 0 Å². The first-order chi connectivity index (χ1) is 12.7. The van der Waals surface area contributed by atoms with Crippen LogP contribution >= 0.6 is 0 Å². The summed E-state index contributed by atoms with van der Waals surface area (Å²) in [6.45, 7) is 4.64. The molecule has 0 aliphatic heterocycles. The molecule has 0 fully saturated rings. The molecule has 0 radical (unpaired) electrons. The van der Waals surface area contributed by atoms with Crippen molar-refractivity contribution in [1.29, 1.82) is 0 Å². The summed E-state index contributed by atoms with van der Waals surface area (Å²) in [5.74, 6) is 1.12. The van der Waals surface area contributed by atoms with E-state index >= 15 is 0 Å². The van der Waals surface area contributed by atoms with E-state index in [1.54, 1.807) is 23.8 Å². The van der Waals surface area contributed by atoms with Gasteiger partial charge in [0.2, 0.25) is 0 Å². The fourth-order valence-electron chi connectivity index (χ4n) is 2.70. The van der Waals surface area contributed by atoms with E-state index in [4.69, 9.17) is 9.47 Å². The Morgan fingerprint density at radius 3 is 2.88 bits per heavy atom. The van der Waals surface area contributed by atoms with Crippen molar-refractivity contribution in [3.8, 4) is 5.75 Å². The quantitative estimate of drug-likeness (QED) is 0.652. The number of anilines is 1. The van der Waals surface area contributed by atoms with Crippen LogP contribution in [-0.2, 0) is 17.6 Å². The second-order valence-electron chi connectivity index (χ2n) is 5.51. The lowest BCUT2D eigenvalue weighted by Crippen LogP contribution is -2.10. The van der Waals surface area contributed by atoms with Crippen molar-refractivity contribution in [2.24, 2.45) is 0 Å². The van der Waals surface area contributed by atoms with Crippen LogP contribution in [-0.4, -0.2) is 38.9 Å². The van der Waals surface area contributed by atoms with Crippen molar-refractivity contribution in [2.75, 3.05) is 18.5 Å². The minimum absolute atomic E-state index is 0.258. The summed E-state index contributed by atoms with van der Waals surface area (Å²) in [6.07, 6.45) is 5.61. The largest absolute Gasteiger partial charge is 0.513 e. The number of carbonyl (C=O) groups is 1. The zero-order valence-electron chi connectivity index (χ0n) is 14.8. The number of carbonyl (C=O) groups excluding carboxylic acids is 1. The van der Waals surface area contributed by atoms with Gasteiger partial charge in [0, 0.05) is 30.4 Å². The first kappa shape index (κ1) is 17.7. The fraction of sp³-hybridized carbons (Fsp3) is 0.333. The zero-order chi connectivity index (χ0) is 18.4. The number of hydrogen-bond donors (Lipinski definition) is 1. The minimum atomic E-state index is -0.726. The zero-order valence-corrected chi connectivity index (χ0v) is 14.8. The Labute approximate surface area is 151 Å². The Kier molecular flexibility index (Phi) is 5.62. The van der Waals surface area contributed by atoms with Crippen LogP contribution in [0.1, 0.15) is 25.1 Å². The Balaban J connectivity index is 1.81. The molecule has 0 aromatic carbocycles. The first-order valence-electron chi connectivity index (χ1n) is 8.56. The molecule has 1 N–H and O–H groups in total. The molecular formula is C18H21N5O3. The SMILES string of the molecule is CCOC(=O)Oc1cn2ncnc(NCCc3ccccn3)c2c1CC. The molecule has 0 aliphatic rings. The summed E-state index contributed by atoms with van der Waals surface area (Å²) in [5, 5.41) is 7.53. The average molecular weight is 355 g/mol. The maximum atomic E-state index is 11.7. The van der Waals surface area contributed by atoms with Crippen LogP contribution in [0.5, 0.6) is 5.75 Å². The molecule has 3 rings (SSSR count). The van der Waals surface area contributed by atoms with Gasteiger partial charge in [-0.1, -0.05) is 13.0 Å². The molecule has 26 heavy (non-hydrogen) atoms. The Morgan fingerprint density at radius 2 is 2.15 bits per heavy atom. The van der Waals surface area contributed by atoms with Gasteiger partial charge in [-0.2, -0.15) is 5.10 Å². The average Bonchev–Trinajstić information content (AvgIpc) is 3.00. The predicted octanol–water partition coefficient (Wildman–Crippen LogP) is 2.88. The van der Waals surface area contributed by atoms with E-state index in [1.807, 2.05) is 25.1 Å². The van der Waals surface area contributed by atoms with E-state index in [9.17, 15) is 4.79 Å². The van der Waals surface area contributed by atoms with Crippen LogP contribution in [0.4, 0.5) is 10.6 Å². The number of fused-ring (bicyclic) bond motifs is 1. The van der Waals surface area contributed by atoms with Crippen molar-refractivity contribution >= 4 is 17.5 Å². The van der Waals surface area contributed by atoms with Gasteiger partial charge in [0.05, 0.1) is 12.8 Å². The predicted molar refractivity (Wildman–Crippen MR) is 96.4 cm³/mol. The molecule has 8 nitrogen and oxygen atoms in total. The lowest BCUT2D eigenvalue weighted by molar-refractivity contribution is 0.104. The normalized spacial score (nSPS) is 10.7. The van der Waals surface area contributed by atoms with Gasteiger partial charge >= 0.3 is 6.16 Å². The third-order valence-corrected chi connectivity index (χ3v) is 3.85. The van der Waals surface area contributed by atoms with E-state index in [2.05, 4.69) is 20.4 Å². The van der Waals surface area contributed by atoms with Gasteiger partial charge in [-0.05, 0) is 25.5 Å². The van der Waals surface area contributed by atoms with E-state index in [-0.39, 0.29) is 6.61 Å². The van der Waals surface area contributed by atoms with Gasteiger partial charge in [0.1, 0.15) is 11.8 Å². The summed E-state index contributed by atoms with van der Waals surface area (Å²) in [5.41, 5.74) is 2.64. The number of ether oxygens (including phenoxy) is 2. The minimum Gasteiger partial charge on any atom is -0.434 e. The van der Waals surface area contributed by atoms with Crippen LogP contribution in [0.3, 0.4) is 0 Å². The molecule has 0 atom stereocenters. The second-order valence-corrected chi connectivity index (χ2v) is 5.51. The molecule has 3 heterocycles. The summed E-state index contributed by atoms with van der Waals surface area (Å²) >= 11 is 0. The molecule has 0 spiro atoms. The number of aryl methyl sites for hydroxylation is 1. The molecule has 0 amide bonds. The van der Waals surface area contributed by atoms with E-state index in [1.165, 1.54) is 6.33 Å². The Hall–Kier alpha value is -3.16. The highest BCUT2D eigenvalue weighted by Crippen LogP contribution is 2.29. The third kappa shape index (κ3) is 3.90. The van der Waals surface area contributed by atoms with Crippen LogP contribution in [0.15, 0.2) is 36.9 Å². The topological polar surface area (TPSA) is 90.6 Å². The number of pyridine rings is 1. The lowest BCUT2D eigenvalue weighted by atomic mass is 10.2. The first-order valence-corrected chi connectivity index (χ1v) is 8.56. The molecule has 136 valence electrons. The van der Waals surface area contributed by atoms with Gasteiger partial charge in [0.25, 0.3) is 0 Å². The van der Waals surface area contributed by atoms with Crippen molar-refractivity contribution in [2.45, 2.75) is 26.7 Å². The van der Waals surface area contributed by atoms with Crippen molar-refractivity contribution in [3.05, 3.63) is 48.2 Å². The smallest absolute Gasteiger partial charge is 0.434 e. The standard InChI is InChI=1S/C18H21N5O3/c1-3-14-15(26-18(24)25-4-2)11-23-16(14)17(21-12-22-23)20-10-8-13-7-5-6-9-19-13/h5-7,9,11-12H,3-4,8,10H2,1-2H3,(H,20,21,22). The Morgan fingerprint density at radius 1 is 1.27 bits per heavy atom. The molecule has 0 aliphatic carbocycles. The molecule has 8 heteroatoms.